The van der Waals surface area contributed by atoms with E-state index in [1.54, 1.807) is 6.07 Å². The van der Waals surface area contributed by atoms with Gasteiger partial charge in [0.1, 0.15) is 11.9 Å². The molecule has 3 aliphatic rings. The molecule has 2 saturated carbocycles. The molecule has 7 heteroatoms. The molecule has 140 valence electrons. The Labute approximate surface area is 150 Å². The minimum atomic E-state index is -1.06. The fourth-order valence-corrected chi connectivity index (χ4v) is 5.42. The zero-order valence-electron chi connectivity index (χ0n) is 14.5. The van der Waals surface area contributed by atoms with Crippen LogP contribution in [0.1, 0.15) is 44.3 Å². The SMILES string of the molecule is C[C@@]12CC(c3ccoc3)OC(=O)[C@H]1CC(=O)[C@@H]1C(C(=O)O)CC(O)C[C@H]12. The minimum absolute atomic E-state index is 0.00841. The molecule has 3 fully saturated rings. The number of rotatable bonds is 2. The molecule has 1 aliphatic heterocycles. The van der Waals surface area contributed by atoms with Crippen molar-refractivity contribution >= 4 is 17.7 Å². The number of hydrogen-bond acceptors (Lipinski definition) is 6. The molecule has 26 heavy (non-hydrogen) atoms. The van der Waals surface area contributed by atoms with Crippen molar-refractivity contribution in [3.05, 3.63) is 24.2 Å². The third kappa shape index (κ3) is 2.48. The number of Topliss-reactive ketones (excluding diaryl/α,β-unsaturated/α-hetero) is 1. The predicted molar refractivity (Wildman–Crippen MR) is 86.7 cm³/mol. The number of carboxylic acids is 1. The average molecular weight is 362 g/mol. The van der Waals surface area contributed by atoms with Crippen molar-refractivity contribution in [1.82, 2.24) is 0 Å². The van der Waals surface area contributed by atoms with Crippen LogP contribution < -0.4 is 0 Å². The van der Waals surface area contributed by atoms with Crippen LogP contribution in [0.25, 0.3) is 0 Å². The van der Waals surface area contributed by atoms with Crippen molar-refractivity contribution in [2.24, 2.45) is 29.1 Å². The van der Waals surface area contributed by atoms with Gasteiger partial charge in [0, 0.05) is 17.9 Å². The van der Waals surface area contributed by atoms with E-state index in [0.717, 1.165) is 5.56 Å². The highest BCUT2D eigenvalue weighted by Crippen LogP contribution is 2.59. The van der Waals surface area contributed by atoms with Crippen LogP contribution in [0.3, 0.4) is 0 Å². The molecule has 1 aromatic heterocycles. The topological polar surface area (TPSA) is 114 Å². The monoisotopic (exact) mass is 362 g/mol. The Morgan fingerprint density at radius 2 is 2.08 bits per heavy atom. The smallest absolute Gasteiger partial charge is 0.310 e. The van der Waals surface area contributed by atoms with Gasteiger partial charge in [-0.25, -0.2) is 0 Å². The first-order valence-corrected chi connectivity index (χ1v) is 8.97. The number of cyclic esters (lactones) is 1. The van der Waals surface area contributed by atoms with Gasteiger partial charge in [0.15, 0.2) is 0 Å². The van der Waals surface area contributed by atoms with E-state index in [9.17, 15) is 24.6 Å². The number of carbonyl (C=O) groups is 3. The van der Waals surface area contributed by atoms with Crippen LogP contribution in [0.2, 0.25) is 0 Å². The van der Waals surface area contributed by atoms with Crippen molar-refractivity contribution in [3.8, 4) is 0 Å². The van der Waals surface area contributed by atoms with Gasteiger partial charge in [-0.05, 0) is 36.7 Å². The van der Waals surface area contributed by atoms with E-state index in [4.69, 9.17) is 9.15 Å². The number of aliphatic hydroxyl groups is 1. The molecule has 3 unspecified atom stereocenters. The highest BCUT2D eigenvalue weighted by Gasteiger charge is 2.62. The quantitative estimate of drug-likeness (QED) is 0.773. The molecule has 0 aromatic carbocycles. The van der Waals surface area contributed by atoms with Crippen LogP contribution in [0.15, 0.2) is 23.0 Å². The first-order chi connectivity index (χ1) is 12.3. The number of carboxylic acid groups (broad SMARTS) is 1. The van der Waals surface area contributed by atoms with Gasteiger partial charge in [-0.15, -0.1) is 0 Å². The maximum atomic E-state index is 12.7. The number of ether oxygens (including phenoxy) is 1. The van der Waals surface area contributed by atoms with E-state index < -0.39 is 47.3 Å². The normalized spacial score (nSPS) is 42.5. The summed E-state index contributed by atoms with van der Waals surface area (Å²) in [7, 11) is 0. The van der Waals surface area contributed by atoms with Gasteiger partial charge in [0.05, 0.1) is 30.5 Å². The van der Waals surface area contributed by atoms with Crippen LogP contribution in [0.4, 0.5) is 0 Å². The van der Waals surface area contributed by atoms with E-state index >= 15 is 0 Å². The van der Waals surface area contributed by atoms with E-state index in [1.165, 1.54) is 12.5 Å². The zero-order chi connectivity index (χ0) is 18.6. The lowest BCUT2D eigenvalue weighted by Gasteiger charge is -2.56. The molecule has 2 heterocycles. The summed E-state index contributed by atoms with van der Waals surface area (Å²) < 4.78 is 10.7. The summed E-state index contributed by atoms with van der Waals surface area (Å²) >= 11 is 0. The Bertz CT molecular complexity index is 739. The van der Waals surface area contributed by atoms with Gasteiger partial charge < -0.3 is 19.4 Å². The van der Waals surface area contributed by atoms with Crippen LogP contribution in [0.5, 0.6) is 0 Å². The van der Waals surface area contributed by atoms with E-state index in [0.29, 0.717) is 12.8 Å². The van der Waals surface area contributed by atoms with E-state index in [2.05, 4.69) is 0 Å². The molecule has 7 nitrogen and oxygen atoms in total. The van der Waals surface area contributed by atoms with Gasteiger partial charge in [0.25, 0.3) is 0 Å². The summed E-state index contributed by atoms with van der Waals surface area (Å²) in [5.74, 6) is -4.20. The number of esters is 1. The van der Waals surface area contributed by atoms with Crippen molar-refractivity contribution in [3.63, 3.8) is 0 Å². The Kier molecular flexibility index (Phi) is 3.95. The number of ketones is 1. The number of carbonyl (C=O) groups excluding carboxylic acids is 2. The van der Waals surface area contributed by atoms with E-state index in [-0.39, 0.29) is 24.5 Å². The zero-order valence-corrected chi connectivity index (χ0v) is 14.5. The molecule has 4 rings (SSSR count). The summed E-state index contributed by atoms with van der Waals surface area (Å²) in [4.78, 5) is 37.1. The largest absolute Gasteiger partial charge is 0.481 e. The Morgan fingerprint density at radius 1 is 1.31 bits per heavy atom. The fourth-order valence-electron chi connectivity index (χ4n) is 5.42. The Morgan fingerprint density at radius 3 is 2.73 bits per heavy atom. The third-order valence-corrected chi connectivity index (χ3v) is 6.74. The number of fused-ring (bicyclic) bond motifs is 3. The van der Waals surface area contributed by atoms with Crippen molar-refractivity contribution in [2.45, 2.75) is 44.8 Å². The maximum absolute atomic E-state index is 12.7. The molecule has 0 radical (unpaired) electrons. The van der Waals surface area contributed by atoms with E-state index in [1.807, 2.05) is 6.92 Å². The summed E-state index contributed by atoms with van der Waals surface area (Å²) in [6.45, 7) is 1.94. The average Bonchev–Trinajstić information content (AvgIpc) is 3.10. The first-order valence-electron chi connectivity index (χ1n) is 8.97. The van der Waals surface area contributed by atoms with Crippen LogP contribution in [-0.4, -0.2) is 34.0 Å². The molecule has 2 N–H and O–H groups in total. The lowest BCUT2D eigenvalue weighted by atomic mass is 9.48. The molecule has 1 saturated heterocycles. The standard InChI is InChI=1S/C19H22O7/c1-19-7-15(9-2-3-25-8-9)26-18(24)13(19)6-14(21)16-11(17(22)23)4-10(20)5-12(16)19/h2-3,8,10-13,15-16,20H,4-7H2,1H3,(H,22,23)/t10?,11?,12-,13-,15?,16-,19+/m1/s1. The molecule has 0 bridgehead atoms. The van der Waals surface area contributed by atoms with Crippen molar-refractivity contribution in [2.75, 3.05) is 0 Å². The van der Waals surface area contributed by atoms with Crippen molar-refractivity contribution in [1.29, 1.82) is 0 Å². The number of aliphatic hydroxyl groups excluding tert-OH is 1. The highest BCUT2D eigenvalue weighted by atomic mass is 16.5. The third-order valence-electron chi connectivity index (χ3n) is 6.74. The number of furan rings is 1. The second kappa shape index (κ2) is 5.94. The predicted octanol–water partition coefficient (Wildman–Crippen LogP) is 1.95. The van der Waals surface area contributed by atoms with Crippen LogP contribution in [0, 0.1) is 29.1 Å². The fraction of sp³-hybridized carbons (Fsp3) is 0.632. The molecule has 1 aromatic rings. The lowest BCUT2D eigenvalue weighted by molar-refractivity contribution is -0.196. The van der Waals surface area contributed by atoms with Gasteiger partial charge >= 0.3 is 11.9 Å². The van der Waals surface area contributed by atoms with Gasteiger partial charge in [-0.1, -0.05) is 6.92 Å². The Balaban J connectivity index is 1.73. The number of aliphatic carboxylic acids is 1. The first kappa shape index (κ1) is 17.3. The van der Waals surface area contributed by atoms with Crippen molar-refractivity contribution < 1.29 is 33.8 Å². The molecular formula is C19H22O7. The van der Waals surface area contributed by atoms with Crippen LogP contribution in [-0.2, 0) is 19.1 Å². The second-order valence-electron chi connectivity index (χ2n) is 8.12. The summed E-state index contributed by atoms with van der Waals surface area (Å²) in [6.07, 6.45) is 2.67. The van der Waals surface area contributed by atoms with Gasteiger partial charge in [-0.3, -0.25) is 14.4 Å². The molecule has 0 amide bonds. The summed E-state index contributed by atoms with van der Waals surface area (Å²) in [5, 5.41) is 19.8. The molecule has 0 spiro atoms. The van der Waals surface area contributed by atoms with Gasteiger partial charge in [0.2, 0.25) is 0 Å². The summed E-state index contributed by atoms with van der Waals surface area (Å²) in [5.41, 5.74) is 0.142. The molecular weight excluding hydrogens is 340 g/mol. The second-order valence-corrected chi connectivity index (χ2v) is 8.12. The summed E-state index contributed by atoms with van der Waals surface area (Å²) in [6, 6.07) is 1.74. The molecule has 7 atom stereocenters. The maximum Gasteiger partial charge on any atom is 0.310 e. The van der Waals surface area contributed by atoms with Gasteiger partial charge in [-0.2, -0.15) is 0 Å². The minimum Gasteiger partial charge on any atom is -0.481 e. The highest BCUT2D eigenvalue weighted by molar-refractivity contribution is 5.92. The molecule has 2 aliphatic carbocycles. The Hall–Kier alpha value is -2.15. The van der Waals surface area contributed by atoms with Crippen LogP contribution >= 0.6 is 0 Å². The lowest BCUT2D eigenvalue weighted by Crippen LogP contribution is -2.59. The number of hydrogen-bond donors (Lipinski definition) is 2.